The molecule has 0 aromatic carbocycles. The van der Waals surface area contributed by atoms with Crippen LogP contribution in [0.2, 0.25) is 0 Å². The van der Waals surface area contributed by atoms with Crippen molar-refractivity contribution in [3.05, 3.63) is 0 Å². The number of carboxylic acid groups (broad SMARTS) is 2. The fourth-order valence-electron chi connectivity index (χ4n) is 1.51. The van der Waals surface area contributed by atoms with Crippen LogP contribution in [0.1, 0.15) is 13.3 Å². The number of aliphatic carboxylic acids is 2. The van der Waals surface area contributed by atoms with E-state index < -0.39 is 42.5 Å². The largest absolute Gasteiger partial charge is 0.550 e. The third-order valence-electron chi connectivity index (χ3n) is 2.53. The van der Waals surface area contributed by atoms with Gasteiger partial charge < -0.3 is 29.3 Å². The maximum atomic E-state index is 11.6. The second kappa shape index (κ2) is 7.20. The molecule has 20 heavy (non-hydrogen) atoms. The Hall–Kier alpha value is -1.67. The van der Waals surface area contributed by atoms with Gasteiger partial charge in [0.05, 0.1) is 27.1 Å². The average Bonchev–Trinajstić information content (AvgIpc) is 2.23. The molecule has 0 radical (unpaired) electrons. The number of quaternary nitrogens is 1. The van der Waals surface area contributed by atoms with Gasteiger partial charge in [-0.15, -0.1) is 0 Å². The molecule has 0 fully saturated rings. The lowest BCUT2D eigenvalue weighted by molar-refractivity contribution is -0.873. The van der Waals surface area contributed by atoms with Crippen molar-refractivity contribution in [1.29, 1.82) is 0 Å². The Morgan fingerprint density at radius 3 is 2.10 bits per heavy atom. The second-order valence-corrected chi connectivity index (χ2v) is 5.68. The van der Waals surface area contributed by atoms with E-state index in [2.05, 4.69) is 0 Å². The van der Waals surface area contributed by atoms with Crippen LogP contribution in [0.15, 0.2) is 0 Å². The highest BCUT2D eigenvalue weighted by Gasteiger charge is 2.32. The van der Waals surface area contributed by atoms with Crippen molar-refractivity contribution >= 4 is 17.9 Å². The zero-order valence-corrected chi connectivity index (χ0v) is 12.0. The molecule has 0 amide bonds. The minimum absolute atomic E-state index is 0.188. The van der Waals surface area contributed by atoms with Gasteiger partial charge in [-0.3, -0.25) is 4.79 Å². The quantitative estimate of drug-likeness (QED) is 0.385. The number of hydrogen-bond donors (Lipinski definition) is 2. The van der Waals surface area contributed by atoms with Crippen molar-refractivity contribution < 1.29 is 38.9 Å². The van der Waals surface area contributed by atoms with Crippen molar-refractivity contribution in [2.45, 2.75) is 25.6 Å². The number of rotatable bonds is 8. The highest BCUT2D eigenvalue weighted by atomic mass is 16.6. The van der Waals surface area contributed by atoms with E-state index in [4.69, 9.17) is 9.84 Å². The van der Waals surface area contributed by atoms with E-state index in [1.165, 1.54) is 0 Å². The molecule has 0 aromatic rings. The van der Waals surface area contributed by atoms with Gasteiger partial charge in [-0.2, -0.15) is 0 Å². The van der Waals surface area contributed by atoms with E-state index in [-0.39, 0.29) is 6.54 Å². The smallest absolute Gasteiger partial charge is 0.336 e. The maximum absolute atomic E-state index is 11.6. The molecule has 0 heterocycles. The summed E-state index contributed by atoms with van der Waals surface area (Å²) in [4.78, 5) is 32.9. The standard InChI is InChI=1S/C12H21NO7/c1-7(11(17)18)10(16)12(19)20-8(5-9(14)15)6-13(2,3)4/h7-8,10,16H,5-6H2,1-4H3,(H-,14,15,17,18). The summed E-state index contributed by atoms with van der Waals surface area (Å²) < 4.78 is 5.21. The fourth-order valence-corrected chi connectivity index (χ4v) is 1.51. The molecule has 0 aliphatic heterocycles. The van der Waals surface area contributed by atoms with Gasteiger partial charge in [0.25, 0.3) is 0 Å². The summed E-state index contributed by atoms with van der Waals surface area (Å²) in [6.07, 6.45) is -3.36. The van der Waals surface area contributed by atoms with Gasteiger partial charge in [0.15, 0.2) is 12.2 Å². The second-order valence-electron chi connectivity index (χ2n) is 5.68. The van der Waals surface area contributed by atoms with Crippen LogP contribution in [0.5, 0.6) is 0 Å². The van der Waals surface area contributed by atoms with Gasteiger partial charge in [-0.25, -0.2) is 4.79 Å². The van der Waals surface area contributed by atoms with E-state index in [1.54, 1.807) is 21.1 Å². The summed E-state index contributed by atoms with van der Waals surface area (Å²) in [5.41, 5.74) is 0. The summed E-state index contributed by atoms with van der Waals surface area (Å²) in [5.74, 6) is -5.23. The molecule has 0 aliphatic carbocycles. The number of carbonyl (C=O) groups excluding carboxylic acids is 2. The fraction of sp³-hybridized carbons (Fsp3) is 0.750. The van der Waals surface area contributed by atoms with Crippen molar-refractivity contribution in [2.75, 3.05) is 27.7 Å². The molecule has 3 unspecified atom stereocenters. The third-order valence-corrected chi connectivity index (χ3v) is 2.53. The van der Waals surface area contributed by atoms with E-state index in [0.717, 1.165) is 6.92 Å². The monoisotopic (exact) mass is 291 g/mol. The van der Waals surface area contributed by atoms with E-state index in [9.17, 15) is 24.6 Å². The van der Waals surface area contributed by atoms with Crippen LogP contribution in [0.25, 0.3) is 0 Å². The van der Waals surface area contributed by atoms with Crippen molar-refractivity contribution in [3.63, 3.8) is 0 Å². The summed E-state index contributed by atoms with van der Waals surface area (Å²) in [6.45, 7) is 1.34. The van der Waals surface area contributed by atoms with Gasteiger partial charge in [0.1, 0.15) is 6.54 Å². The molecule has 3 atom stereocenters. The first-order valence-electron chi connectivity index (χ1n) is 6.05. The Bertz CT molecular complexity index is 374. The summed E-state index contributed by atoms with van der Waals surface area (Å²) in [6, 6.07) is 0. The molecule has 0 bridgehead atoms. The van der Waals surface area contributed by atoms with Crippen molar-refractivity contribution in [2.24, 2.45) is 5.92 Å². The minimum Gasteiger partial charge on any atom is -0.550 e. The van der Waals surface area contributed by atoms with Crippen LogP contribution in [0.3, 0.4) is 0 Å². The van der Waals surface area contributed by atoms with E-state index in [0.29, 0.717) is 4.48 Å². The van der Waals surface area contributed by atoms with Gasteiger partial charge in [0, 0.05) is 12.4 Å². The van der Waals surface area contributed by atoms with Crippen LogP contribution in [-0.2, 0) is 19.1 Å². The Morgan fingerprint density at radius 2 is 1.75 bits per heavy atom. The number of nitrogens with zero attached hydrogens (tertiary/aromatic N) is 1. The van der Waals surface area contributed by atoms with Crippen LogP contribution >= 0.6 is 0 Å². The zero-order chi connectivity index (χ0) is 16.1. The number of esters is 1. The van der Waals surface area contributed by atoms with Crippen LogP contribution in [0.4, 0.5) is 0 Å². The van der Waals surface area contributed by atoms with E-state index in [1.807, 2.05) is 0 Å². The molecule has 8 heteroatoms. The van der Waals surface area contributed by atoms with Crippen molar-refractivity contribution in [3.8, 4) is 0 Å². The van der Waals surface area contributed by atoms with Crippen molar-refractivity contribution in [1.82, 2.24) is 0 Å². The highest BCUT2D eigenvalue weighted by Crippen LogP contribution is 2.10. The Labute approximate surface area is 117 Å². The lowest BCUT2D eigenvalue weighted by Crippen LogP contribution is -2.46. The van der Waals surface area contributed by atoms with Gasteiger partial charge in [-0.1, -0.05) is 0 Å². The Morgan fingerprint density at radius 1 is 1.25 bits per heavy atom. The first kappa shape index (κ1) is 18.3. The van der Waals surface area contributed by atoms with Crippen LogP contribution < -0.4 is 5.11 Å². The van der Waals surface area contributed by atoms with Gasteiger partial charge >= 0.3 is 11.9 Å². The minimum atomic E-state index is -1.84. The lowest BCUT2D eigenvalue weighted by Gasteiger charge is -2.29. The molecule has 0 spiro atoms. The predicted octanol–water partition coefficient (Wildman–Crippen LogP) is -2.17. The normalized spacial score (nSPS) is 16.1. The molecule has 0 saturated heterocycles. The highest BCUT2D eigenvalue weighted by molar-refractivity contribution is 5.82. The molecule has 116 valence electrons. The maximum Gasteiger partial charge on any atom is 0.336 e. The number of likely N-dealkylation sites (N-methyl/N-ethyl adjacent to an activating group) is 1. The van der Waals surface area contributed by atoms with Gasteiger partial charge in [-0.05, 0) is 6.92 Å². The summed E-state index contributed by atoms with van der Waals surface area (Å²) in [5, 5.41) is 28.8. The molecule has 0 rings (SSSR count). The number of carboxylic acids is 2. The molecular weight excluding hydrogens is 270 g/mol. The molecule has 0 aliphatic rings. The molecule has 0 saturated carbocycles. The zero-order valence-electron chi connectivity index (χ0n) is 12.0. The topological polar surface area (TPSA) is 124 Å². The SMILES string of the molecule is CC(C(=O)O)C(O)C(=O)OC(CC(=O)[O-])C[N+](C)(C)C. The van der Waals surface area contributed by atoms with Crippen LogP contribution in [0, 0.1) is 5.92 Å². The first-order chi connectivity index (χ1) is 8.94. The van der Waals surface area contributed by atoms with E-state index >= 15 is 0 Å². The summed E-state index contributed by atoms with van der Waals surface area (Å²) in [7, 11) is 5.31. The number of aliphatic hydroxyl groups is 1. The summed E-state index contributed by atoms with van der Waals surface area (Å²) >= 11 is 0. The number of aliphatic hydroxyl groups excluding tert-OH is 1. The predicted molar refractivity (Wildman–Crippen MR) is 65.2 cm³/mol. The number of carbonyl (C=O) groups is 3. The average molecular weight is 291 g/mol. The number of hydrogen-bond acceptors (Lipinski definition) is 6. The lowest BCUT2D eigenvalue weighted by atomic mass is 10.1. The van der Waals surface area contributed by atoms with Crippen LogP contribution in [-0.4, -0.2) is 72.5 Å². The molecular formula is C12H21NO7. The Kier molecular flexibility index (Phi) is 6.60. The Balaban J connectivity index is 4.76. The molecule has 2 N–H and O–H groups in total. The third kappa shape index (κ3) is 7.05. The number of ether oxygens (including phenoxy) is 1. The molecule has 0 aromatic heterocycles. The first-order valence-corrected chi connectivity index (χ1v) is 6.05. The van der Waals surface area contributed by atoms with Gasteiger partial charge in [0.2, 0.25) is 0 Å². The molecule has 8 nitrogen and oxygen atoms in total.